The molecule has 1 unspecified atom stereocenters. The SMILES string of the molecule is CCNC(Cc1nccs1)C1(C)CCCC1. The molecule has 2 nitrogen and oxygen atoms in total. The molecule has 0 aliphatic heterocycles. The first-order valence-electron chi connectivity index (χ1n) is 6.36. The summed E-state index contributed by atoms with van der Waals surface area (Å²) in [6.07, 6.45) is 8.56. The lowest BCUT2D eigenvalue weighted by Crippen LogP contribution is -2.43. The average Bonchev–Trinajstić information content (AvgIpc) is 2.89. The summed E-state index contributed by atoms with van der Waals surface area (Å²) < 4.78 is 0. The maximum atomic E-state index is 4.42. The summed E-state index contributed by atoms with van der Waals surface area (Å²) >= 11 is 1.78. The molecule has 0 radical (unpaired) electrons. The molecule has 0 saturated heterocycles. The fourth-order valence-corrected chi connectivity index (χ4v) is 3.53. The highest BCUT2D eigenvalue weighted by Gasteiger charge is 2.36. The summed E-state index contributed by atoms with van der Waals surface area (Å²) in [6.45, 7) is 5.71. The van der Waals surface area contributed by atoms with Gasteiger partial charge in [0.1, 0.15) is 0 Å². The van der Waals surface area contributed by atoms with Crippen molar-refractivity contribution in [3.63, 3.8) is 0 Å². The lowest BCUT2D eigenvalue weighted by atomic mass is 9.79. The Balaban J connectivity index is 2.04. The Morgan fingerprint density at radius 1 is 1.50 bits per heavy atom. The molecule has 0 amide bonds. The molecule has 0 aromatic carbocycles. The van der Waals surface area contributed by atoms with E-state index >= 15 is 0 Å². The van der Waals surface area contributed by atoms with Crippen LogP contribution >= 0.6 is 11.3 Å². The fraction of sp³-hybridized carbons (Fsp3) is 0.769. The Morgan fingerprint density at radius 3 is 2.81 bits per heavy atom. The van der Waals surface area contributed by atoms with E-state index in [2.05, 4.69) is 29.5 Å². The van der Waals surface area contributed by atoms with Crippen molar-refractivity contribution >= 4 is 11.3 Å². The van der Waals surface area contributed by atoms with E-state index in [1.54, 1.807) is 11.3 Å². The van der Waals surface area contributed by atoms with Crippen LogP contribution in [0.2, 0.25) is 0 Å². The van der Waals surface area contributed by atoms with Crippen molar-refractivity contribution in [2.45, 2.75) is 52.0 Å². The zero-order valence-corrected chi connectivity index (χ0v) is 11.1. The number of rotatable bonds is 5. The van der Waals surface area contributed by atoms with Crippen LogP contribution in [-0.4, -0.2) is 17.6 Å². The number of nitrogens with one attached hydrogen (secondary N) is 1. The van der Waals surface area contributed by atoms with Gasteiger partial charge in [0.25, 0.3) is 0 Å². The van der Waals surface area contributed by atoms with Gasteiger partial charge in [0.2, 0.25) is 0 Å². The molecule has 2 rings (SSSR count). The van der Waals surface area contributed by atoms with Crippen LogP contribution in [0.15, 0.2) is 11.6 Å². The van der Waals surface area contributed by atoms with Crippen molar-refractivity contribution in [1.82, 2.24) is 10.3 Å². The van der Waals surface area contributed by atoms with Gasteiger partial charge in [-0.15, -0.1) is 11.3 Å². The van der Waals surface area contributed by atoms with Crippen molar-refractivity contribution in [3.05, 3.63) is 16.6 Å². The summed E-state index contributed by atoms with van der Waals surface area (Å²) in [5.74, 6) is 0. The first-order chi connectivity index (χ1) is 7.74. The Kier molecular flexibility index (Phi) is 3.98. The van der Waals surface area contributed by atoms with Gasteiger partial charge >= 0.3 is 0 Å². The van der Waals surface area contributed by atoms with Crippen molar-refractivity contribution in [1.29, 1.82) is 0 Å². The average molecular weight is 238 g/mol. The van der Waals surface area contributed by atoms with E-state index in [1.807, 2.05) is 6.20 Å². The largest absolute Gasteiger partial charge is 0.313 e. The third-order valence-corrected chi connectivity index (χ3v) is 4.70. The maximum Gasteiger partial charge on any atom is 0.0940 e. The maximum absolute atomic E-state index is 4.42. The lowest BCUT2D eigenvalue weighted by Gasteiger charge is -2.34. The highest BCUT2D eigenvalue weighted by atomic mass is 32.1. The van der Waals surface area contributed by atoms with Crippen molar-refractivity contribution in [2.75, 3.05) is 6.54 Å². The molecule has 1 saturated carbocycles. The summed E-state index contributed by atoms with van der Waals surface area (Å²) in [6, 6.07) is 0.603. The third-order valence-electron chi connectivity index (χ3n) is 3.90. The molecule has 1 aromatic rings. The van der Waals surface area contributed by atoms with E-state index < -0.39 is 0 Å². The minimum absolute atomic E-state index is 0.488. The van der Waals surface area contributed by atoms with Gasteiger partial charge in [-0.25, -0.2) is 4.98 Å². The number of hydrogen-bond acceptors (Lipinski definition) is 3. The van der Waals surface area contributed by atoms with Crippen LogP contribution in [0.1, 0.15) is 44.5 Å². The van der Waals surface area contributed by atoms with Gasteiger partial charge in [-0.3, -0.25) is 0 Å². The van der Waals surface area contributed by atoms with Crippen LogP contribution in [0.25, 0.3) is 0 Å². The highest BCUT2D eigenvalue weighted by Crippen LogP contribution is 2.41. The highest BCUT2D eigenvalue weighted by molar-refractivity contribution is 7.09. The van der Waals surface area contributed by atoms with Crippen LogP contribution in [-0.2, 0) is 6.42 Å². The number of likely N-dealkylation sites (N-methyl/N-ethyl adjacent to an activating group) is 1. The van der Waals surface area contributed by atoms with E-state index in [1.165, 1.54) is 30.7 Å². The molecule has 1 atom stereocenters. The smallest absolute Gasteiger partial charge is 0.0940 e. The molecule has 90 valence electrons. The summed E-state index contributed by atoms with van der Waals surface area (Å²) in [4.78, 5) is 4.42. The van der Waals surface area contributed by atoms with E-state index in [4.69, 9.17) is 0 Å². The molecule has 16 heavy (non-hydrogen) atoms. The molecule has 1 aromatic heterocycles. The van der Waals surface area contributed by atoms with Gasteiger partial charge < -0.3 is 5.32 Å². The zero-order chi connectivity index (χ0) is 11.4. The van der Waals surface area contributed by atoms with Crippen LogP contribution in [0.5, 0.6) is 0 Å². The topological polar surface area (TPSA) is 24.9 Å². The van der Waals surface area contributed by atoms with Gasteiger partial charge in [0.15, 0.2) is 0 Å². The van der Waals surface area contributed by atoms with E-state index in [0.717, 1.165) is 13.0 Å². The quantitative estimate of drug-likeness (QED) is 0.852. The molecule has 1 fully saturated rings. The van der Waals surface area contributed by atoms with Crippen LogP contribution in [0.3, 0.4) is 0 Å². The fourth-order valence-electron chi connectivity index (χ4n) is 2.87. The minimum Gasteiger partial charge on any atom is -0.313 e. The van der Waals surface area contributed by atoms with Gasteiger partial charge in [-0.05, 0) is 24.8 Å². The van der Waals surface area contributed by atoms with Gasteiger partial charge in [-0.2, -0.15) is 0 Å². The number of aromatic nitrogens is 1. The molecular formula is C13H22N2S. The molecule has 1 heterocycles. The second kappa shape index (κ2) is 5.28. The van der Waals surface area contributed by atoms with E-state index in [-0.39, 0.29) is 0 Å². The van der Waals surface area contributed by atoms with E-state index in [0.29, 0.717) is 11.5 Å². The Hall–Kier alpha value is -0.410. The number of thiazole rings is 1. The van der Waals surface area contributed by atoms with Gasteiger partial charge in [0, 0.05) is 24.0 Å². The molecular weight excluding hydrogens is 216 g/mol. The van der Waals surface area contributed by atoms with Crippen LogP contribution < -0.4 is 5.32 Å². The molecule has 1 N–H and O–H groups in total. The van der Waals surface area contributed by atoms with E-state index in [9.17, 15) is 0 Å². The number of hydrogen-bond donors (Lipinski definition) is 1. The van der Waals surface area contributed by atoms with Crippen molar-refractivity contribution in [3.8, 4) is 0 Å². The molecule has 3 heteroatoms. The summed E-state index contributed by atoms with van der Waals surface area (Å²) in [5, 5.41) is 7.03. The molecule has 1 aliphatic carbocycles. The second-order valence-corrected chi connectivity index (χ2v) is 6.08. The van der Waals surface area contributed by atoms with Gasteiger partial charge in [0.05, 0.1) is 5.01 Å². The first-order valence-corrected chi connectivity index (χ1v) is 7.24. The predicted molar refractivity (Wildman–Crippen MR) is 69.9 cm³/mol. The standard InChI is InChI=1S/C13H22N2S/c1-3-14-11(10-12-15-8-9-16-12)13(2)6-4-5-7-13/h8-9,11,14H,3-7,10H2,1-2H3. The van der Waals surface area contributed by atoms with Crippen LogP contribution in [0.4, 0.5) is 0 Å². The third kappa shape index (κ3) is 2.64. The minimum atomic E-state index is 0.488. The molecule has 0 bridgehead atoms. The normalized spacial score (nSPS) is 21.1. The Labute approximate surface area is 102 Å². The van der Waals surface area contributed by atoms with Crippen molar-refractivity contribution < 1.29 is 0 Å². The second-order valence-electron chi connectivity index (χ2n) is 5.10. The first kappa shape index (κ1) is 12.1. The van der Waals surface area contributed by atoms with Crippen LogP contribution in [0, 0.1) is 5.41 Å². The van der Waals surface area contributed by atoms with Gasteiger partial charge in [-0.1, -0.05) is 26.7 Å². The summed E-state index contributed by atoms with van der Waals surface area (Å²) in [7, 11) is 0. The Bertz CT molecular complexity index is 302. The zero-order valence-electron chi connectivity index (χ0n) is 10.3. The Morgan fingerprint density at radius 2 is 2.25 bits per heavy atom. The number of nitrogens with zero attached hydrogens (tertiary/aromatic N) is 1. The van der Waals surface area contributed by atoms with Crippen molar-refractivity contribution in [2.24, 2.45) is 5.41 Å². The molecule has 1 aliphatic rings. The lowest BCUT2D eigenvalue weighted by molar-refractivity contribution is 0.222. The monoisotopic (exact) mass is 238 g/mol. The summed E-state index contributed by atoms with van der Waals surface area (Å²) in [5.41, 5.74) is 0.488. The predicted octanol–water partition coefficient (Wildman–Crippen LogP) is 3.24. The molecule has 0 spiro atoms.